The van der Waals surface area contributed by atoms with Gasteiger partial charge in [-0.1, -0.05) is 38.4 Å². The lowest BCUT2D eigenvalue weighted by Crippen LogP contribution is -2.12. The Hall–Kier alpha value is -0.180. The van der Waals surface area contributed by atoms with Crippen LogP contribution in [0.2, 0.25) is 5.02 Å². The van der Waals surface area contributed by atoms with Crippen molar-refractivity contribution < 1.29 is 0 Å². The Bertz CT molecular complexity index is 326. The zero-order chi connectivity index (χ0) is 12.0. The summed E-state index contributed by atoms with van der Waals surface area (Å²) in [6.45, 7) is 8.52. The van der Waals surface area contributed by atoms with E-state index in [4.69, 9.17) is 11.6 Å². The molecule has 0 fully saturated rings. The van der Waals surface area contributed by atoms with Crippen LogP contribution in [0.15, 0.2) is 23.1 Å². The molecule has 0 saturated carbocycles. The molecule has 0 atom stereocenters. The second-order valence-electron chi connectivity index (χ2n) is 4.24. The van der Waals surface area contributed by atoms with Crippen molar-refractivity contribution in [3.05, 3.63) is 28.8 Å². The summed E-state index contributed by atoms with van der Waals surface area (Å²) in [5.74, 6) is 1.84. The zero-order valence-corrected chi connectivity index (χ0v) is 11.8. The van der Waals surface area contributed by atoms with E-state index in [0.29, 0.717) is 5.92 Å². The highest BCUT2D eigenvalue weighted by Gasteiger charge is 2.05. The van der Waals surface area contributed by atoms with Crippen molar-refractivity contribution in [3.8, 4) is 0 Å². The second kappa shape index (κ2) is 7.21. The number of benzene rings is 1. The van der Waals surface area contributed by atoms with E-state index in [2.05, 4.69) is 38.2 Å². The molecule has 16 heavy (non-hydrogen) atoms. The molecule has 0 aliphatic rings. The van der Waals surface area contributed by atoms with Gasteiger partial charge >= 0.3 is 0 Å². The first-order chi connectivity index (χ1) is 7.63. The first kappa shape index (κ1) is 13.9. The zero-order valence-electron chi connectivity index (χ0n) is 10.2. The van der Waals surface area contributed by atoms with Crippen LogP contribution in [0.5, 0.6) is 0 Å². The fourth-order valence-corrected chi connectivity index (χ4v) is 2.61. The van der Waals surface area contributed by atoms with Crippen LogP contribution in [0.3, 0.4) is 0 Å². The molecule has 0 aromatic heterocycles. The monoisotopic (exact) mass is 257 g/mol. The molecule has 0 heterocycles. The summed E-state index contributed by atoms with van der Waals surface area (Å²) in [6.07, 6.45) is 0. The third kappa shape index (κ3) is 4.77. The molecule has 3 heteroatoms. The molecule has 0 saturated heterocycles. The first-order valence-electron chi connectivity index (χ1n) is 5.75. The molecule has 1 aromatic rings. The predicted molar refractivity (Wildman–Crippen MR) is 74.4 cm³/mol. The fraction of sp³-hybridized carbons (Fsp3) is 0.538. The lowest BCUT2D eigenvalue weighted by molar-refractivity contribution is 0.716. The van der Waals surface area contributed by atoms with Crippen molar-refractivity contribution in [2.24, 2.45) is 5.92 Å². The molecule has 0 amide bonds. The third-order valence-electron chi connectivity index (χ3n) is 2.17. The second-order valence-corrected chi connectivity index (χ2v) is 5.74. The Labute approximate surface area is 108 Å². The molecule has 0 spiro atoms. The smallest absolute Gasteiger partial charge is 0.0417 e. The van der Waals surface area contributed by atoms with Gasteiger partial charge in [0.2, 0.25) is 0 Å². The maximum atomic E-state index is 6.03. The molecule has 0 bridgehead atoms. The minimum Gasteiger partial charge on any atom is -0.313 e. The molecule has 1 aromatic carbocycles. The standard InChI is InChI=1S/C13H20ClNS/c1-4-15-8-11-5-6-12(14)7-13(11)16-9-10(2)3/h5-7,10,15H,4,8-9H2,1-3H3. The van der Waals surface area contributed by atoms with Gasteiger partial charge in [-0.25, -0.2) is 0 Å². The van der Waals surface area contributed by atoms with E-state index in [1.54, 1.807) is 0 Å². The van der Waals surface area contributed by atoms with Crippen LogP contribution < -0.4 is 5.32 Å². The highest BCUT2D eigenvalue weighted by atomic mass is 35.5. The van der Waals surface area contributed by atoms with Crippen LogP contribution in [-0.2, 0) is 6.54 Å². The van der Waals surface area contributed by atoms with Gasteiger partial charge in [0.25, 0.3) is 0 Å². The van der Waals surface area contributed by atoms with Crippen molar-refractivity contribution in [2.75, 3.05) is 12.3 Å². The number of hydrogen-bond donors (Lipinski definition) is 1. The lowest BCUT2D eigenvalue weighted by Gasteiger charge is -2.11. The summed E-state index contributed by atoms with van der Waals surface area (Å²) in [4.78, 5) is 1.31. The number of halogens is 1. The number of thioether (sulfide) groups is 1. The Morgan fingerprint density at radius 3 is 2.75 bits per heavy atom. The minimum absolute atomic E-state index is 0.705. The maximum absolute atomic E-state index is 6.03. The maximum Gasteiger partial charge on any atom is 0.0417 e. The van der Waals surface area contributed by atoms with Crippen molar-refractivity contribution in [3.63, 3.8) is 0 Å². The summed E-state index contributed by atoms with van der Waals surface area (Å²) in [7, 11) is 0. The minimum atomic E-state index is 0.705. The third-order valence-corrected chi connectivity index (χ3v) is 3.93. The van der Waals surface area contributed by atoms with Gasteiger partial charge in [0.15, 0.2) is 0 Å². The highest BCUT2D eigenvalue weighted by Crippen LogP contribution is 2.27. The lowest BCUT2D eigenvalue weighted by atomic mass is 10.2. The van der Waals surface area contributed by atoms with Gasteiger partial charge in [0, 0.05) is 22.2 Å². The molecule has 0 radical (unpaired) electrons. The van der Waals surface area contributed by atoms with Gasteiger partial charge in [0.1, 0.15) is 0 Å². The fourth-order valence-electron chi connectivity index (χ4n) is 1.32. The SMILES string of the molecule is CCNCc1ccc(Cl)cc1SCC(C)C. The van der Waals surface area contributed by atoms with Crippen molar-refractivity contribution in [2.45, 2.75) is 32.2 Å². The largest absolute Gasteiger partial charge is 0.313 e. The van der Waals surface area contributed by atoms with Crippen molar-refractivity contribution in [1.29, 1.82) is 0 Å². The molecule has 0 unspecified atom stereocenters. The molecule has 1 nitrogen and oxygen atoms in total. The molecule has 1 rings (SSSR count). The predicted octanol–water partition coefficient (Wildman–Crippen LogP) is 4.20. The van der Waals surface area contributed by atoms with Crippen molar-refractivity contribution in [1.82, 2.24) is 5.32 Å². The molecular formula is C13H20ClNS. The van der Waals surface area contributed by atoms with Crippen molar-refractivity contribution >= 4 is 23.4 Å². The highest BCUT2D eigenvalue weighted by molar-refractivity contribution is 7.99. The van der Waals surface area contributed by atoms with E-state index < -0.39 is 0 Å². The summed E-state index contributed by atoms with van der Waals surface area (Å²) >= 11 is 7.93. The Morgan fingerprint density at radius 1 is 1.38 bits per heavy atom. The Kier molecular flexibility index (Phi) is 6.25. The Morgan fingerprint density at radius 2 is 2.12 bits per heavy atom. The van der Waals surface area contributed by atoms with E-state index >= 15 is 0 Å². The van der Waals surface area contributed by atoms with E-state index in [1.807, 2.05) is 17.8 Å². The quantitative estimate of drug-likeness (QED) is 0.767. The van der Waals surface area contributed by atoms with E-state index in [1.165, 1.54) is 10.5 Å². The van der Waals surface area contributed by atoms with E-state index in [9.17, 15) is 0 Å². The summed E-state index contributed by atoms with van der Waals surface area (Å²) in [5, 5.41) is 4.18. The summed E-state index contributed by atoms with van der Waals surface area (Å²) < 4.78 is 0. The average Bonchev–Trinajstić information content (AvgIpc) is 2.25. The normalized spacial score (nSPS) is 11.1. The van der Waals surface area contributed by atoms with Gasteiger partial charge in [-0.15, -0.1) is 11.8 Å². The molecule has 1 N–H and O–H groups in total. The van der Waals surface area contributed by atoms with Crippen LogP contribution in [0.25, 0.3) is 0 Å². The molecule has 90 valence electrons. The van der Waals surface area contributed by atoms with Gasteiger partial charge in [0.05, 0.1) is 0 Å². The molecular weight excluding hydrogens is 238 g/mol. The number of rotatable bonds is 6. The topological polar surface area (TPSA) is 12.0 Å². The van der Waals surface area contributed by atoms with E-state index in [-0.39, 0.29) is 0 Å². The van der Waals surface area contributed by atoms with Gasteiger partial charge in [-0.05, 0) is 30.2 Å². The van der Waals surface area contributed by atoms with Crippen LogP contribution in [0, 0.1) is 5.92 Å². The van der Waals surface area contributed by atoms with Gasteiger partial charge in [-0.2, -0.15) is 0 Å². The van der Waals surface area contributed by atoms with Crippen LogP contribution in [0.4, 0.5) is 0 Å². The van der Waals surface area contributed by atoms with Crippen LogP contribution in [-0.4, -0.2) is 12.3 Å². The van der Waals surface area contributed by atoms with Gasteiger partial charge < -0.3 is 5.32 Å². The number of nitrogens with one attached hydrogen (secondary N) is 1. The Balaban J connectivity index is 2.72. The summed E-state index contributed by atoms with van der Waals surface area (Å²) in [5.41, 5.74) is 1.34. The van der Waals surface area contributed by atoms with Gasteiger partial charge in [-0.3, -0.25) is 0 Å². The molecule has 0 aliphatic heterocycles. The van der Waals surface area contributed by atoms with Crippen LogP contribution >= 0.6 is 23.4 Å². The van der Waals surface area contributed by atoms with Crippen LogP contribution in [0.1, 0.15) is 26.3 Å². The summed E-state index contributed by atoms with van der Waals surface area (Å²) in [6, 6.07) is 6.16. The number of hydrogen-bond acceptors (Lipinski definition) is 2. The molecule has 0 aliphatic carbocycles. The van der Waals surface area contributed by atoms with E-state index in [0.717, 1.165) is 23.9 Å². The average molecular weight is 258 g/mol. The first-order valence-corrected chi connectivity index (χ1v) is 7.11.